The van der Waals surface area contributed by atoms with Gasteiger partial charge in [-0.15, -0.1) is 0 Å². The van der Waals surface area contributed by atoms with Gasteiger partial charge in [-0.1, -0.05) is 0 Å². The molecule has 10 N–H and O–H groups in total. The zero-order valence-electron chi connectivity index (χ0n) is 12.7. The van der Waals surface area contributed by atoms with Gasteiger partial charge >= 0.3 is 11.9 Å². The number of rotatable bonds is 11. The maximum Gasteiger partial charge on any atom is 0.347 e. The molecule has 0 aliphatic carbocycles. The maximum absolute atomic E-state index is 11.6. The third-order valence-electron chi connectivity index (χ3n) is 3.22. The van der Waals surface area contributed by atoms with Crippen molar-refractivity contribution in [2.75, 3.05) is 13.2 Å². The fraction of sp³-hybridized carbons (Fsp3) is 0.833. The van der Waals surface area contributed by atoms with Crippen LogP contribution in [-0.2, 0) is 14.3 Å². The molecule has 0 heterocycles. The molecule has 0 rings (SSSR count). The number of esters is 1. The molecule has 148 valence electrons. The molecule has 8 atom stereocenters. The van der Waals surface area contributed by atoms with Crippen molar-refractivity contribution in [1.82, 2.24) is 0 Å². The molecule has 25 heavy (non-hydrogen) atoms. The molecule has 0 saturated carbocycles. The van der Waals surface area contributed by atoms with Gasteiger partial charge in [0, 0.05) is 0 Å². The largest absolute Gasteiger partial charge is 0.478 e. The van der Waals surface area contributed by atoms with Crippen molar-refractivity contribution in [3.05, 3.63) is 0 Å². The second kappa shape index (κ2) is 10.5. The molecule has 0 aliphatic rings. The number of hydrogen-bond donors (Lipinski definition) is 10. The predicted octanol–water partition coefficient (Wildman–Crippen LogP) is -6.51. The summed E-state index contributed by atoms with van der Waals surface area (Å²) >= 11 is 0. The Morgan fingerprint density at radius 3 is 1.48 bits per heavy atom. The van der Waals surface area contributed by atoms with Crippen molar-refractivity contribution in [3.63, 3.8) is 0 Å². The molecule has 0 spiro atoms. The van der Waals surface area contributed by atoms with Crippen LogP contribution in [0.15, 0.2) is 0 Å². The molecule has 0 fully saturated rings. The summed E-state index contributed by atoms with van der Waals surface area (Å²) in [6.07, 6.45) is -18.2. The number of carboxylic acids is 1. The summed E-state index contributed by atoms with van der Waals surface area (Å²) in [5, 5.41) is 91.8. The second-order valence-corrected chi connectivity index (χ2v) is 5.10. The van der Waals surface area contributed by atoms with Crippen molar-refractivity contribution in [1.29, 1.82) is 0 Å². The van der Waals surface area contributed by atoms with Crippen LogP contribution in [0.2, 0.25) is 0 Å². The van der Waals surface area contributed by atoms with Crippen LogP contribution in [0.3, 0.4) is 0 Å². The van der Waals surface area contributed by atoms with Crippen LogP contribution in [0.4, 0.5) is 0 Å². The Morgan fingerprint density at radius 2 is 1.12 bits per heavy atom. The van der Waals surface area contributed by atoms with E-state index < -0.39 is 74.0 Å². The number of aliphatic hydroxyl groups excluding tert-OH is 9. The van der Waals surface area contributed by atoms with Crippen molar-refractivity contribution in [3.8, 4) is 0 Å². The highest BCUT2D eigenvalue weighted by atomic mass is 16.6. The van der Waals surface area contributed by atoms with Crippen LogP contribution in [-0.4, -0.2) is 125 Å². The van der Waals surface area contributed by atoms with Gasteiger partial charge in [0.15, 0.2) is 6.10 Å². The smallest absolute Gasteiger partial charge is 0.347 e. The summed E-state index contributed by atoms with van der Waals surface area (Å²) < 4.78 is 4.23. The molecule has 0 aromatic carbocycles. The molecule has 13 nitrogen and oxygen atoms in total. The van der Waals surface area contributed by atoms with E-state index in [1.54, 1.807) is 0 Å². The Hall–Kier alpha value is -1.42. The van der Waals surface area contributed by atoms with E-state index in [4.69, 9.17) is 25.5 Å². The first-order valence-corrected chi connectivity index (χ1v) is 6.91. The number of carbonyl (C=O) groups excluding carboxylic acids is 1. The van der Waals surface area contributed by atoms with Gasteiger partial charge in [-0.3, -0.25) is 0 Å². The van der Waals surface area contributed by atoms with E-state index >= 15 is 0 Å². The molecule has 13 heteroatoms. The average molecular weight is 374 g/mol. The highest BCUT2D eigenvalue weighted by Gasteiger charge is 2.42. The van der Waals surface area contributed by atoms with E-state index in [2.05, 4.69) is 4.74 Å². The molecule has 0 saturated heterocycles. The molecule has 0 amide bonds. The normalized spacial score (nSPS) is 21.3. The van der Waals surface area contributed by atoms with Crippen LogP contribution >= 0.6 is 0 Å². The fourth-order valence-corrected chi connectivity index (χ4v) is 1.64. The maximum atomic E-state index is 11.6. The Kier molecular flexibility index (Phi) is 9.95. The monoisotopic (exact) mass is 374 g/mol. The van der Waals surface area contributed by atoms with Gasteiger partial charge in [0.05, 0.1) is 13.2 Å². The number of carbonyl (C=O) groups is 2. The van der Waals surface area contributed by atoms with E-state index in [1.807, 2.05) is 0 Å². The third-order valence-corrected chi connectivity index (χ3v) is 3.22. The number of ether oxygens (including phenoxy) is 1. The number of carboxylic acid groups (broad SMARTS) is 1. The molecular weight excluding hydrogens is 352 g/mol. The summed E-state index contributed by atoms with van der Waals surface area (Å²) in [6, 6.07) is 0. The number of hydrogen-bond acceptors (Lipinski definition) is 12. The first kappa shape index (κ1) is 23.6. The van der Waals surface area contributed by atoms with Crippen LogP contribution in [0, 0.1) is 0 Å². The van der Waals surface area contributed by atoms with E-state index in [1.165, 1.54) is 0 Å². The minimum atomic E-state index is -2.58. The van der Waals surface area contributed by atoms with Crippen LogP contribution in [0.1, 0.15) is 0 Å². The van der Waals surface area contributed by atoms with Gasteiger partial charge in [0.1, 0.15) is 36.6 Å². The molecule has 0 radical (unpaired) electrons. The Bertz CT molecular complexity index is 429. The zero-order valence-corrected chi connectivity index (χ0v) is 12.7. The quantitative estimate of drug-likeness (QED) is 0.151. The van der Waals surface area contributed by atoms with Gasteiger partial charge in [-0.2, -0.15) is 0 Å². The lowest BCUT2D eigenvalue weighted by Gasteiger charge is -2.28. The van der Waals surface area contributed by atoms with Gasteiger partial charge in [-0.25, -0.2) is 9.59 Å². The summed E-state index contributed by atoms with van der Waals surface area (Å²) in [6.45, 7) is -2.08. The van der Waals surface area contributed by atoms with E-state index in [-0.39, 0.29) is 0 Å². The standard InChI is InChI=1S/C12H22O13/c13-1-3(15)5(17)7(19)9(21)12(24)25-10(11(22)23)8(20)6(18)4(16)2-14/h3-10,13-21H,1-2H2,(H,22,23)/t3-,4-,5-,6-,7+,8+,9-,10-/m1/s1. The summed E-state index contributed by atoms with van der Waals surface area (Å²) in [5.41, 5.74) is 0. The number of aliphatic carboxylic acids is 1. The minimum Gasteiger partial charge on any atom is -0.478 e. The topological polar surface area (TPSA) is 246 Å². The van der Waals surface area contributed by atoms with Gasteiger partial charge in [0.2, 0.25) is 6.10 Å². The minimum absolute atomic E-state index is 1.03. The van der Waals surface area contributed by atoms with E-state index in [0.717, 1.165) is 0 Å². The van der Waals surface area contributed by atoms with Gasteiger partial charge < -0.3 is 55.8 Å². The lowest BCUT2D eigenvalue weighted by Crippen LogP contribution is -2.53. The molecule has 0 aromatic heterocycles. The summed E-state index contributed by atoms with van der Waals surface area (Å²) in [7, 11) is 0. The second-order valence-electron chi connectivity index (χ2n) is 5.10. The lowest BCUT2D eigenvalue weighted by molar-refractivity contribution is -0.195. The van der Waals surface area contributed by atoms with E-state index in [9.17, 15) is 35.1 Å². The molecule has 0 bridgehead atoms. The first-order valence-electron chi connectivity index (χ1n) is 6.91. The summed E-state index contributed by atoms with van der Waals surface area (Å²) in [5.74, 6) is -3.85. The average Bonchev–Trinajstić information content (AvgIpc) is 2.60. The fourth-order valence-electron chi connectivity index (χ4n) is 1.64. The van der Waals surface area contributed by atoms with Crippen molar-refractivity contribution in [2.24, 2.45) is 0 Å². The highest BCUT2D eigenvalue weighted by Crippen LogP contribution is 2.13. The molecule has 0 unspecified atom stereocenters. The van der Waals surface area contributed by atoms with Crippen molar-refractivity contribution < 1.29 is 65.4 Å². The molecular formula is C12H22O13. The van der Waals surface area contributed by atoms with Gasteiger partial charge in [-0.05, 0) is 0 Å². The third kappa shape index (κ3) is 6.43. The van der Waals surface area contributed by atoms with Crippen molar-refractivity contribution >= 4 is 11.9 Å². The Labute approximate surface area is 140 Å². The number of aliphatic hydroxyl groups is 9. The van der Waals surface area contributed by atoms with Crippen LogP contribution in [0.25, 0.3) is 0 Å². The zero-order chi connectivity index (χ0) is 19.9. The van der Waals surface area contributed by atoms with Crippen molar-refractivity contribution in [2.45, 2.75) is 48.8 Å². The predicted molar refractivity (Wildman–Crippen MR) is 73.7 cm³/mol. The van der Waals surface area contributed by atoms with Gasteiger partial charge in [0.25, 0.3) is 0 Å². The Balaban J connectivity index is 5.08. The van der Waals surface area contributed by atoms with Crippen LogP contribution < -0.4 is 0 Å². The molecule has 0 aliphatic heterocycles. The molecule has 0 aromatic rings. The highest BCUT2D eigenvalue weighted by molar-refractivity contribution is 5.81. The first-order chi connectivity index (χ1) is 11.5. The SMILES string of the molecule is O=C(O[C@@H](C(=O)O)[C@@H](O)[C@H](O)[C@H](O)CO)[C@H](O)[C@@H](O)[C@H](O)[C@H](O)CO. The lowest BCUT2D eigenvalue weighted by atomic mass is 10.0. The van der Waals surface area contributed by atoms with Crippen LogP contribution in [0.5, 0.6) is 0 Å². The van der Waals surface area contributed by atoms with E-state index in [0.29, 0.717) is 0 Å². The Morgan fingerprint density at radius 1 is 0.720 bits per heavy atom. The summed E-state index contributed by atoms with van der Waals surface area (Å²) in [4.78, 5) is 22.6.